The van der Waals surface area contributed by atoms with Crippen LogP contribution in [-0.2, 0) is 11.3 Å². The van der Waals surface area contributed by atoms with Crippen LogP contribution in [0.2, 0.25) is 0 Å². The molecule has 8 heteroatoms. The topological polar surface area (TPSA) is 71.2 Å². The summed E-state index contributed by atoms with van der Waals surface area (Å²) in [6.07, 6.45) is 1.07. The second-order valence-electron chi connectivity index (χ2n) is 9.84. The summed E-state index contributed by atoms with van der Waals surface area (Å²) in [5, 5.41) is 9.15. The zero-order chi connectivity index (χ0) is 21.7. The molecule has 160 valence electrons. The minimum atomic E-state index is -2.86. The predicted molar refractivity (Wildman–Crippen MR) is 107 cm³/mol. The Hall–Kier alpha value is -2.69. The number of carbonyl (C=O) groups is 1. The highest BCUT2D eigenvalue weighted by atomic mass is 19.3. The Morgan fingerprint density at radius 1 is 1.33 bits per heavy atom. The van der Waals surface area contributed by atoms with Crippen LogP contribution in [0.25, 0.3) is 11.0 Å². The van der Waals surface area contributed by atoms with Crippen LogP contribution in [0.15, 0.2) is 24.5 Å². The summed E-state index contributed by atoms with van der Waals surface area (Å²) < 4.78 is 37.1. The molecule has 0 radical (unpaired) electrons. The highest BCUT2D eigenvalue weighted by Crippen LogP contribution is 2.48. The van der Waals surface area contributed by atoms with Gasteiger partial charge in [0.05, 0.1) is 35.5 Å². The molecular weight excluding hydrogens is 390 g/mol. The first-order valence-electron chi connectivity index (χ1n) is 10.2. The van der Waals surface area contributed by atoms with Gasteiger partial charge in [-0.15, -0.1) is 0 Å². The van der Waals surface area contributed by atoms with Gasteiger partial charge in [-0.2, -0.15) is 5.26 Å². The van der Waals surface area contributed by atoms with Crippen molar-refractivity contribution in [1.82, 2.24) is 14.5 Å². The molecule has 0 N–H and O–H groups in total. The fourth-order valence-corrected chi connectivity index (χ4v) is 4.63. The molecule has 4 rings (SSSR count). The number of carbonyl (C=O) groups excluding carboxylic acids is 1. The van der Waals surface area contributed by atoms with Crippen LogP contribution in [0.5, 0.6) is 0 Å². The number of aromatic nitrogens is 2. The van der Waals surface area contributed by atoms with Crippen molar-refractivity contribution in [2.75, 3.05) is 13.1 Å². The van der Waals surface area contributed by atoms with E-state index >= 15 is 0 Å². The number of benzene rings is 1. The molecule has 1 saturated heterocycles. The number of imidazole rings is 1. The van der Waals surface area contributed by atoms with Crippen LogP contribution in [0.4, 0.5) is 13.6 Å². The van der Waals surface area contributed by atoms with Gasteiger partial charge in [0.15, 0.2) is 0 Å². The SMILES string of the molecule is CC(C)(C)CN1C[C@@]2(CCC(F)(F)C(Cn3cnc4ccc(C#N)cc43)C2)OC1=O. The van der Waals surface area contributed by atoms with Gasteiger partial charge in [0.2, 0.25) is 0 Å². The fourth-order valence-electron chi connectivity index (χ4n) is 4.63. The summed E-state index contributed by atoms with van der Waals surface area (Å²) in [5.41, 5.74) is 0.798. The van der Waals surface area contributed by atoms with E-state index in [0.717, 1.165) is 0 Å². The maximum atomic E-state index is 14.9. The first-order valence-corrected chi connectivity index (χ1v) is 10.2. The molecular formula is C22H26F2N4O2. The zero-order valence-corrected chi connectivity index (χ0v) is 17.5. The lowest BCUT2D eigenvalue weighted by Crippen LogP contribution is -2.49. The van der Waals surface area contributed by atoms with Crippen molar-refractivity contribution in [2.45, 2.75) is 58.1 Å². The monoisotopic (exact) mass is 416 g/mol. The molecule has 1 aromatic carbocycles. The summed E-state index contributed by atoms with van der Waals surface area (Å²) in [4.78, 5) is 18.3. The largest absolute Gasteiger partial charge is 0.441 e. The minimum Gasteiger partial charge on any atom is -0.441 e. The van der Waals surface area contributed by atoms with Crippen molar-refractivity contribution in [2.24, 2.45) is 11.3 Å². The maximum absolute atomic E-state index is 14.9. The molecule has 30 heavy (non-hydrogen) atoms. The molecule has 1 aliphatic heterocycles. The fraction of sp³-hybridized carbons (Fsp3) is 0.591. The van der Waals surface area contributed by atoms with Crippen molar-refractivity contribution < 1.29 is 18.3 Å². The van der Waals surface area contributed by atoms with Gasteiger partial charge in [0, 0.05) is 25.4 Å². The van der Waals surface area contributed by atoms with E-state index in [4.69, 9.17) is 10.00 Å². The number of alkyl halides is 2. The number of nitriles is 1. The van der Waals surface area contributed by atoms with E-state index in [0.29, 0.717) is 29.7 Å². The van der Waals surface area contributed by atoms with Gasteiger partial charge in [-0.3, -0.25) is 0 Å². The molecule has 6 nitrogen and oxygen atoms in total. The van der Waals surface area contributed by atoms with E-state index in [1.165, 1.54) is 6.33 Å². The summed E-state index contributed by atoms with van der Waals surface area (Å²) in [7, 11) is 0. The van der Waals surface area contributed by atoms with Crippen LogP contribution in [0, 0.1) is 22.7 Å². The van der Waals surface area contributed by atoms with E-state index in [1.807, 2.05) is 20.8 Å². The van der Waals surface area contributed by atoms with E-state index < -0.39 is 23.5 Å². The highest BCUT2D eigenvalue weighted by Gasteiger charge is 2.56. The number of hydrogen-bond donors (Lipinski definition) is 0. The average molecular weight is 416 g/mol. The normalized spacial score (nSPS) is 26.2. The molecule has 2 aromatic rings. The van der Waals surface area contributed by atoms with E-state index in [9.17, 15) is 13.6 Å². The molecule has 1 aliphatic carbocycles. The molecule has 0 bridgehead atoms. The van der Waals surface area contributed by atoms with Crippen molar-refractivity contribution in [3.05, 3.63) is 30.1 Å². The number of halogens is 2. The van der Waals surface area contributed by atoms with Gasteiger partial charge in [-0.05, 0) is 36.5 Å². The molecule has 1 saturated carbocycles. The third kappa shape index (κ3) is 3.85. The Morgan fingerprint density at radius 2 is 2.10 bits per heavy atom. The quantitative estimate of drug-likeness (QED) is 0.734. The van der Waals surface area contributed by atoms with Gasteiger partial charge in [-0.1, -0.05) is 20.8 Å². The second-order valence-corrected chi connectivity index (χ2v) is 9.84. The minimum absolute atomic E-state index is 0.0525. The third-order valence-corrected chi connectivity index (χ3v) is 6.00. The van der Waals surface area contributed by atoms with Crippen molar-refractivity contribution in [3.63, 3.8) is 0 Å². The van der Waals surface area contributed by atoms with Crippen LogP contribution in [0.3, 0.4) is 0 Å². The number of nitrogens with zero attached hydrogens (tertiary/aromatic N) is 4. The molecule has 2 aliphatic rings. The molecule has 1 amide bonds. The van der Waals surface area contributed by atoms with Crippen LogP contribution < -0.4 is 0 Å². The van der Waals surface area contributed by atoms with Crippen molar-refractivity contribution in [1.29, 1.82) is 5.26 Å². The lowest BCUT2D eigenvalue weighted by Gasteiger charge is -2.41. The van der Waals surface area contributed by atoms with Crippen molar-refractivity contribution in [3.8, 4) is 6.07 Å². The van der Waals surface area contributed by atoms with Gasteiger partial charge >= 0.3 is 6.09 Å². The summed E-state index contributed by atoms with van der Waals surface area (Å²) in [5.74, 6) is -3.85. The number of ether oxygens (including phenoxy) is 1. The molecule has 1 spiro atoms. The van der Waals surface area contributed by atoms with E-state index in [1.54, 1.807) is 27.7 Å². The summed E-state index contributed by atoms with van der Waals surface area (Å²) in [6, 6.07) is 7.11. The summed E-state index contributed by atoms with van der Waals surface area (Å²) >= 11 is 0. The first-order chi connectivity index (χ1) is 14.0. The Kier molecular flexibility index (Phi) is 4.75. The van der Waals surface area contributed by atoms with Gasteiger partial charge < -0.3 is 14.2 Å². The van der Waals surface area contributed by atoms with Gasteiger partial charge in [-0.25, -0.2) is 18.6 Å². The smallest absolute Gasteiger partial charge is 0.410 e. The molecule has 1 aromatic heterocycles. The maximum Gasteiger partial charge on any atom is 0.410 e. The molecule has 2 fully saturated rings. The Morgan fingerprint density at radius 3 is 2.80 bits per heavy atom. The average Bonchev–Trinajstić information content (AvgIpc) is 3.18. The predicted octanol–water partition coefficient (Wildman–Crippen LogP) is 4.58. The zero-order valence-electron chi connectivity index (χ0n) is 17.5. The third-order valence-electron chi connectivity index (χ3n) is 6.00. The van der Waals surface area contributed by atoms with Crippen molar-refractivity contribution >= 4 is 17.1 Å². The molecule has 1 unspecified atom stereocenters. The lowest BCUT2D eigenvalue weighted by atomic mass is 9.75. The van der Waals surface area contributed by atoms with E-state index in [2.05, 4.69) is 11.1 Å². The summed E-state index contributed by atoms with van der Waals surface area (Å²) in [6.45, 7) is 7.02. The number of amides is 1. The Bertz CT molecular complexity index is 1020. The Balaban J connectivity index is 1.58. The van der Waals surface area contributed by atoms with Crippen LogP contribution in [-0.4, -0.2) is 45.2 Å². The first kappa shape index (κ1) is 20.6. The highest BCUT2D eigenvalue weighted by molar-refractivity contribution is 5.77. The van der Waals surface area contributed by atoms with Crippen LogP contribution in [0.1, 0.15) is 45.6 Å². The number of rotatable bonds is 3. The van der Waals surface area contributed by atoms with Gasteiger partial charge in [0.25, 0.3) is 5.92 Å². The number of hydrogen-bond acceptors (Lipinski definition) is 4. The molecule has 2 atom stereocenters. The standard InChI is InChI=1S/C22H26F2N4O2/c1-20(2,3)12-28-13-21(30-19(28)29)6-7-22(23,24)16(9-21)11-27-14-26-17-5-4-15(10-25)8-18(17)27/h4-5,8,14,16H,6-7,9,11-13H2,1-3H3/t16?,21-/m0/s1. The Labute approximate surface area is 174 Å². The lowest BCUT2D eigenvalue weighted by molar-refractivity contribution is -0.140. The van der Waals surface area contributed by atoms with Crippen LogP contribution >= 0.6 is 0 Å². The van der Waals surface area contributed by atoms with Gasteiger partial charge in [0.1, 0.15) is 5.60 Å². The number of fused-ring (bicyclic) bond motifs is 1. The second kappa shape index (κ2) is 6.93. The molecule has 2 heterocycles. The van der Waals surface area contributed by atoms with E-state index in [-0.39, 0.29) is 31.2 Å².